The maximum Gasteiger partial charge on any atom is 0.312 e. The molecule has 0 bridgehead atoms. The van der Waals surface area contributed by atoms with E-state index in [9.17, 15) is 19.8 Å². The van der Waals surface area contributed by atoms with E-state index in [0.717, 1.165) is 0 Å². The molecule has 4 atom stereocenters. The number of rotatable bonds is 4. The van der Waals surface area contributed by atoms with E-state index < -0.39 is 12.2 Å². The number of hydrogen-bond acceptors (Lipinski definition) is 8. The van der Waals surface area contributed by atoms with E-state index in [4.69, 9.17) is 9.47 Å². The van der Waals surface area contributed by atoms with Crippen LogP contribution in [0.1, 0.15) is 13.8 Å². The Labute approximate surface area is 154 Å². The third-order valence-corrected chi connectivity index (χ3v) is 3.54. The van der Waals surface area contributed by atoms with Crippen molar-refractivity contribution in [3.05, 3.63) is 0 Å². The minimum atomic E-state index is -0.575. The van der Waals surface area contributed by atoms with Gasteiger partial charge in [-0.25, -0.2) is 0 Å². The average Bonchev–Trinajstić information content (AvgIpc) is 3.08. The lowest BCUT2D eigenvalue weighted by molar-refractivity contribution is -0.151. The van der Waals surface area contributed by atoms with Crippen LogP contribution < -0.4 is 10.6 Å². The lowest BCUT2D eigenvalue weighted by Crippen LogP contribution is -2.28. The lowest BCUT2D eigenvalue weighted by Gasteiger charge is -2.10. The molecule has 2 rings (SSSR count). The van der Waals surface area contributed by atoms with Gasteiger partial charge in [-0.2, -0.15) is 0 Å². The van der Waals surface area contributed by atoms with Crippen LogP contribution in [0.3, 0.4) is 0 Å². The molecule has 0 aromatic carbocycles. The average molecular weight is 391 g/mol. The summed E-state index contributed by atoms with van der Waals surface area (Å²) in [4.78, 5) is 22.1. The number of esters is 2. The Kier molecular flexibility index (Phi) is 14.5. The van der Waals surface area contributed by atoms with Crippen LogP contribution in [-0.4, -0.2) is 73.8 Å². The van der Waals surface area contributed by atoms with Crippen molar-refractivity contribution in [2.24, 2.45) is 11.8 Å². The Morgan fingerprint density at radius 3 is 1.38 bits per heavy atom. The predicted octanol–water partition coefficient (Wildman–Crippen LogP) is -0.897. The number of ether oxygens (including phenoxy) is 2. The van der Waals surface area contributed by atoms with Gasteiger partial charge in [0, 0.05) is 26.2 Å². The van der Waals surface area contributed by atoms with Gasteiger partial charge in [-0.15, -0.1) is 24.8 Å². The van der Waals surface area contributed by atoms with E-state index >= 15 is 0 Å². The van der Waals surface area contributed by atoms with E-state index in [1.165, 1.54) is 0 Å². The van der Waals surface area contributed by atoms with Crippen molar-refractivity contribution >= 4 is 36.8 Å². The van der Waals surface area contributed by atoms with Crippen molar-refractivity contribution in [1.29, 1.82) is 0 Å². The SMILES string of the molecule is CCOC(=O)[C@@H]1CNC[C@H]1O.CCOC(=O)[C@H]1CNC[C@@H]1O.Cl.Cl. The zero-order valence-electron chi connectivity index (χ0n) is 13.9. The molecule has 144 valence electrons. The first-order valence-corrected chi connectivity index (χ1v) is 7.62. The highest BCUT2D eigenvalue weighted by molar-refractivity contribution is 5.85. The number of β-amino-alcohol motifs (C(OH)–C–C–N with tert-alkyl or cyclic N) is 2. The molecule has 2 heterocycles. The summed E-state index contributed by atoms with van der Waals surface area (Å²) in [5.74, 6) is -1.33. The van der Waals surface area contributed by atoms with Crippen molar-refractivity contribution in [1.82, 2.24) is 10.6 Å². The second-order valence-electron chi connectivity index (χ2n) is 5.17. The normalized spacial score (nSPS) is 27.8. The Hall–Kier alpha value is -0.640. The van der Waals surface area contributed by atoms with Gasteiger partial charge in [0.2, 0.25) is 0 Å². The number of hydrogen-bond donors (Lipinski definition) is 4. The van der Waals surface area contributed by atoms with Crippen LogP contribution in [0.2, 0.25) is 0 Å². The summed E-state index contributed by atoms with van der Waals surface area (Å²) in [5, 5.41) is 24.3. The summed E-state index contributed by atoms with van der Waals surface area (Å²) >= 11 is 0. The first-order valence-electron chi connectivity index (χ1n) is 7.62. The zero-order chi connectivity index (χ0) is 16.5. The molecule has 0 aliphatic carbocycles. The van der Waals surface area contributed by atoms with Gasteiger partial charge >= 0.3 is 11.9 Å². The van der Waals surface area contributed by atoms with Gasteiger partial charge in [-0.05, 0) is 13.8 Å². The van der Waals surface area contributed by atoms with Crippen molar-refractivity contribution in [2.75, 3.05) is 39.4 Å². The van der Waals surface area contributed by atoms with Crippen molar-refractivity contribution in [3.8, 4) is 0 Å². The van der Waals surface area contributed by atoms with Crippen LogP contribution >= 0.6 is 24.8 Å². The van der Waals surface area contributed by atoms with Crippen molar-refractivity contribution < 1.29 is 29.3 Å². The van der Waals surface area contributed by atoms with Gasteiger partial charge < -0.3 is 30.3 Å². The van der Waals surface area contributed by atoms with Gasteiger partial charge in [0.15, 0.2) is 0 Å². The number of carbonyl (C=O) groups is 2. The topological polar surface area (TPSA) is 117 Å². The summed E-state index contributed by atoms with van der Waals surface area (Å²) in [6.07, 6.45) is -1.15. The van der Waals surface area contributed by atoms with Gasteiger partial charge in [0.05, 0.1) is 37.3 Å². The molecular formula is C14H28Cl2N2O6. The highest BCUT2D eigenvalue weighted by Gasteiger charge is 2.32. The summed E-state index contributed by atoms with van der Waals surface area (Å²) in [7, 11) is 0. The van der Waals surface area contributed by atoms with E-state index in [-0.39, 0.29) is 48.6 Å². The number of halogens is 2. The fourth-order valence-corrected chi connectivity index (χ4v) is 2.31. The van der Waals surface area contributed by atoms with Crippen LogP contribution in [0.25, 0.3) is 0 Å². The molecule has 0 amide bonds. The minimum Gasteiger partial charge on any atom is -0.466 e. The second-order valence-corrected chi connectivity index (χ2v) is 5.17. The largest absolute Gasteiger partial charge is 0.466 e. The van der Waals surface area contributed by atoms with E-state index in [1.54, 1.807) is 13.8 Å². The van der Waals surface area contributed by atoms with Crippen LogP contribution in [0.5, 0.6) is 0 Å². The molecule has 2 aliphatic heterocycles. The molecule has 0 saturated carbocycles. The van der Waals surface area contributed by atoms with Crippen molar-refractivity contribution in [3.63, 3.8) is 0 Å². The summed E-state index contributed by atoms with van der Waals surface area (Å²) < 4.78 is 9.51. The maximum absolute atomic E-state index is 11.0. The Morgan fingerprint density at radius 2 is 1.17 bits per heavy atom. The number of aliphatic hydroxyl groups is 2. The quantitative estimate of drug-likeness (QED) is 0.456. The summed E-state index contributed by atoms with van der Waals surface area (Å²) in [6.45, 7) is 6.30. The first-order chi connectivity index (χ1) is 10.5. The standard InChI is InChI=1S/2C7H13NO3.2ClH/c2*1-2-11-7(10)5-3-8-4-6(5)9;;/h2*5-6,8-9H,2-4H2,1H3;2*1H/t2*5-,6-;;/m10../s1. The fourth-order valence-electron chi connectivity index (χ4n) is 2.31. The second kappa shape index (κ2) is 13.6. The monoisotopic (exact) mass is 390 g/mol. The minimum absolute atomic E-state index is 0. The molecular weight excluding hydrogens is 363 g/mol. The number of aliphatic hydroxyl groups excluding tert-OH is 2. The van der Waals surface area contributed by atoms with Crippen LogP contribution in [0.4, 0.5) is 0 Å². The maximum atomic E-state index is 11.0. The molecule has 24 heavy (non-hydrogen) atoms. The molecule has 0 radical (unpaired) electrons. The van der Waals surface area contributed by atoms with Gasteiger partial charge in [0.1, 0.15) is 0 Å². The Bertz CT molecular complexity index is 341. The number of carbonyl (C=O) groups excluding carboxylic acids is 2. The molecule has 0 spiro atoms. The summed E-state index contributed by atoms with van der Waals surface area (Å²) in [6, 6.07) is 0. The van der Waals surface area contributed by atoms with E-state index in [0.29, 0.717) is 39.4 Å². The summed E-state index contributed by atoms with van der Waals surface area (Å²) in [5.41, 5.74) is 0. The molecule has 4 N–H and O–H groups in total. The van der Waals surface area contributed by atoms with E-state index in [1.807, 2.05) is 0 Å². The highest BCUT2D eigenvalue weighted by Crippen LogP contribution is 2.11. The van der Waals surface area contributed by atoms with Gasteiger partial charge in [-0.1, -0.05) is 0 Å². The van der Waals surface area contributed by atoms with Crippen molar-refractivity contribution in [2.45, 2.75) is 26.1 Å². The number of nitrogens with one attached hydrogen (secondary N) is 2. The van der Waals surface area contributed by atoms with Crippen LogP contribution in [-0.2, 0) is 19.1 Å². The van der Waals surface area contributed by atoms with Gasteiger partial charge in [0.25, 0.3) is 0 Å². The van der Waals surface area contributed by atoms with Crippen LogP contribution in [0.15, 0.2) is 0 Å². The molecule has 2 saturated heterocycles. The van der Waals surface area contributed by atoms with Crippen LogP contribution in [0, 0.1) is 11.8 Å². The van der Waals surface area contributed by atoms with E-state index in [2.05, 4.69) is 10.6 Å². The predicted molar refractivity (Wildman–Crippen MR) is 92.5 cm³/mol. The molecule has 0 unspecified atom stereocenters. The smallest absolute Gasteiger partial charge is 0.312 e. The Morgan fingerprint density at radius 1 is 0.833 bits per heavy atom. The molecule has 8 nitrogen and oxygen atoms in total. The highest BCUT2D eigenvalue weighted by atomic mass is 35.5. The Balaban J connectivity index is 0. The third-order valence-electron chi connectivity index (χ3n) is 3.54. The first kappa shape index (κ1) is 25.6. The molecule has 2 aliphatic rings. The molecule has 0 aromatic rings. The lowest BCUT2D eigenvalue weighted by atomic mass is 10.1. The fraction of sp³-hybridized carbons (Fsp3) is 0.857. The molecule has 2 fully saturated rings. The zero-order valence-corrected chi connectivity index (χ0v) is 15.5. The third kappa shape index (κ3) is 7.96. The van der Waals surface area contributed by atoms with Gasteiger partial charge in [-0.3, -0.25) is 9.59 Å². The molecule has 10 heteroatoms. The molecule has 0 aromatic heterocycles.